The molecule has 4 rings (SSSR count). The van der Waals surface area contributed by atoms with Crippen molar-refractivity contribution < 1.29 is 14.3 Å². The van der Waals surface area contributed by atoms with Crippen molar-refractivity contribution in [3.05, 3.63) is 59.4 Å². The van der Waals surface area contributed by atoms with Gasteiger partial charge >= 0.3 is 0 Å². The molecule has 30 heavy (non-hydrogen) atoms. The number of anilines is 1. The minimum atomic E-state index is 0.0671. The summed E-state index contributed by atoms with van der Waals surface area (Å²) in [4.78, 5) is 14.8. The van der Waals surface area contributed by atoms with E-state index in [1.807, 2.05) is 54.4 Å². The zero-order valence-electron chi connectivity index (χ0n) is 16.9. The fourth-order valence-electron chi connectivity index (χ4n) is 3.58. The Labute approximate surface area is 180 Å². The number of ether oxygens (including phenoxy) is 2. The third-order valence-electron chi connectivity index (χ3n) is 5.18. The number of H-pyrrole nitrogens is 1. The number of hydrogen-bond acceptors (Lipinski definition) is 4. The lowest BCUT2D eigenvalue weighted by Gasteiger charge is -2.23. The van der Waals surface area contributed by atoms with E-state index < -0.39 is 0 Å². The summed E-state index contributed by atoms with van der Waals surface area (Å²) < 4.78 is 11.8. The molecule has 0 atom stereocenters. The number of nitrogens with one attached hydrogen (secondary N) is 1. The maximum atomic E-state index is 13.0. The third-order valence-corrected chi connectivity index (χ3v) is 5.59. The molecule has 1 aromatic heterocycles. The van der Waals surface area contributed by atoms with Gasteiger partial charge in [-0.05, 0) is 38.0 Å². The second-order valence-electron chi connectivity index (χ2n) is 7.20. The third kappa shape index (κ3) is 4.28. The van der Waals surface area contributed by atoms with Gasteiger partial charge in [0.1, 0.15) is 5.75 Å². The van der Waals surface area contributed by atoms with E-state index in [4.69, 9.17) is 21.1 Å². The second kappa shape index (κ2) is 9.22. The van der Waals surface area contributed by atoms with Gasteiger partial charge in [-0.15, -0.1) is 0 Å². The lowest BCUT2D eigenvalue weighted by atomic mass is 10.1. The fourth-order valence-corrected chi connectivity index (χ4v) is 3.74. The van der Waals surface area contributed by atoms with Gasteiger partial charge < -0.3 is 14.4 Å². The van der Waals surface area contributed by atoms with E-state index in [2.05, 4.69) is 10.2 Å². The Balaban J connectivity index is 1.43. The normalized spacial score (nSPS) is 13.3. The number of aromatic nitrogens is 2. The van der Waals surface area contributed by atoms with Crippen LogP contribution in [-0.2, 0) is 4.79 Å². The van der Waals surface area contributed by atoms with Crippen molar-refractivity contribution in [1.82, 2.24) is 10.2 Å². The van der Waals surface area contributed by atoms with E-state index in [0.29, 0.717) is 37.6 Å². The first-order chi connectivity index (χ1) is 14.6. The van der Waals surface area contributed by atoms with E-state index in [-0.39, 0.29) is 5.91 Å². The van der Waals surface area contributed by atoms with Gasteiger partial charge in [-0.25, -0.2) is 0 Å². The van der Waals surface area contributed by atoms with Crippen LogP contribution in [0.2, 0.25) is 5.02 Å². The molecule has 0 radical (unpaired) electrons. The second-order valence-corrected chi connectivity index (χ2v) is 7.61. The highest BCUT2D eigenvalue weighted by molar-refractivity contribution is 6.31. The molecule has 7 heteroatoms. The van der Waals surface area contributed by atoms with Gasteiger partial charge in [-0.3, -0.25) is 9.89 Å². The van der Waals surface area contributed by atoms with E-state index in [9.17, 15) is 4.79 Å². The summed E-state index contributed by atoms with van der Waals surface area (Å²) in [7, 11) is 0. The number of benzene rings is 2. The zero-order chi connectivity index (χ0) is 20.9. The predicted molar refractivity (Wildman–Crippen MR) is 117 cm³/mol. The lowest BCUT2D eigenvalue weighted by molar-refractivity contribution is -0.118. The molecular weight excluding hydrogens is 402 g/mol. The molecule has 1 N–H and O–H groups in total. The SMILES string of the molecule is Cc1c(Cl)cccc1OCCCC(=O)N1CCCOc2c(-c3cn[nH]c3)cccc21. The van der Waals surface area contributed by atoms with Crippen molar-refractivity contribution in [2.45, 2.75) is 26.2 Å². The molecule has 0 saturated carbocycles. The van der Waals surface area contributed by atoms with Crippen molar-refractivity contribution in [2.75, 3.05) is 24.7 Å². The first-order valence-corrected chi connectivity index (χ1v) is 10.5. The number of para-hydroxylation sites is 1. The molecule has 0 aliphatic carbocycles. The van der Waals surface area contributed by atoms with E-state index in [0.717, 1.165) is 40.3 Å². The average Bonchev–Trinajstić information content (AvgIpc) is 3.20. The maximum absolute atomic E-state index is 13.0. The molecule has 6 nitrogen and oxygen atoms in total. The van der Waals surface area contributed by atoms with Gasteiger partial charge in [-0.2, -0.15) is 5.10 Å². The van der Waals surface area contributed by atoms with Gasteiger partial charge in [0.15, 0.2) is 5.75 Å². The van der Waals surface area contributed by atoms with Crippen LogP contribution in [0.25, 0.3) is 11.1 Å². The molecule has 0 saturated heterocycles. The Morgan fingerprint density at radius 1 is 1.30 bits per heavy atom. The van der Waals surface area contributed by atoms with Crippen LogP contribution in [0.5, 0.6) is 11.5 Å². The molecule has 1 aliphatic rings. The zero-order valence-corrected chi connectivity index (χ0v) is 17.6. The van der Waals surface area contributed by atoms with Crippen molar-refractivity contribution in [3.63, 3.8) is 0 Å². The number of aromatic amines is 1. The van der Waals surface area contributed by atoms with Crippen LogP contribution in [0.15, 0.2) is 48.8 Å². The van der Waals surface area contributed by atoms with E-state index in [1.54, 1.807) is 6.20 Å². The van der Waals surface area contributed by atoms with Crippen LogP contribution in [0.4, 0.5) is 5.69 Å². The Hall–Kier alpha value is -2.99. The van der Waals surface area contributed by atoms with Crippen LogP contribution in [0.1, 0.15) is 24.8 Å². The predicted octanol–water partition coefficient (Wildman–Crippen LogP) is 5.01. The van der Waals surface area contributed by atoms with Gasteiger partial charge in [0.25, 0.3) is 0 Å². The maximum Gasteiger partial charge on any atom is 0.227 e. The summed E-state index contributed by atoms with van der Waals surface area (Å²) in [6.07, 6.45) is 5.38. The van der Waals surface area contributed by atoms with Crippen LogP contribution in [0.3, 0.4) is 0 Å². The number of carbonyl (C=O) groups is 1. The number of fused-ring (bicyclic) bond motifs is 1. The van der Waals surface area contributed by atoms with Crippen molar-refractivity contribution in [1.29, 1.82) is 0 Å². The first-order valence-electron chi connectivity index (χ1n) is 10.1. The molecule has 0 bridgehead atoms. The summed E-state index contributed by atoms with van der Waals surface area (Å²) in [6, 6.07) is 11.5. The van der Waals surface area contributed by atoms with Gasteiger partial charge in [-0.1, -0.05) is 29.8 Å². The van der Waals surface area contributed by atoms with Crippen LogP contribution in [0, 0.1) is 6.92 Å². The molecule has 0 fully saturated rings. The highest BCUT2D eigenvalue weighted by atomic mass is 35.5. The molecular formula is C23H24ClN3O3. The Morgan fingerprint density at radius 3 is 3.00 bits per heavy atom. The minimum absolute atomic E-state index is 0.0671. The highest BCUT2D eigenvalue weighted by Crippen LogP contribution is 2.40. The molecule has 2 heterocycles. The molecule has 156 valence electrons. The number of amides is 1. The topological polar surface area (TPSA) is 67.4 Å². The molecule has 2 aromatic carbocycles. The summed E-state index contributed by atoms with van der Waals surface area (Å²) >= 11 is 6.13. The summed E-state index contributed by atoms with van der Waals surface area (Å²) in [6.45, 7) is 3.59. The van der Waals surface area contributed by atoms with Crippen molar-refractivity contribution in [3.8, 4) is 22.6 Å². The summed E-state index contributed by atoms with van der Waals surface area (Å²) in [5.74, 6) is 1.56. The van der Waals surface area contributed by atoms with Crippen molar-refractivity contribution >= 4 is 23.2 Å². The number of hydrogen-bond donors (Lipinski definition) is 1. The fraction of sp³-hybridized carbons (Fsp3) is 0.304. The number of rotatable bonds is 6. The Morgan fingerprint density at radius 2 is 2.17 bits per heavy atom. The van der Waals surface area contributed by atoms with E-state index >= 15 is 0 Å². The summed E-state index contributed by atoms with van der Waals surface area (Å²) in [5.41, 5.74) is 3.59. The average molecular weight is 426 g/mol. The quantitative estimate of drug-likeness (QED) is 0.563. The van der Waals surface area contributed by atoms with Crippen molar-refractivity contribution in [2.24, 2.45) is 0 Å². The van der Waals surface area contributed by atoms with E-state index in [1.165, 1.54) is 0 Å². The number of halogens is 1. The largest absolute Gasteiger partial charge is 0.493 e. The number of nitrogens with zero attached hydrogens (tertiary/aromatic N) is 2. The van der Waals surface area contributed by atoms with Gasteiger partial charge in [0.2, 0.25) is 5.91 Å². The van der Waals surface area contributed by atoms with Crippen LogP contribution < -0.4 is 14.4 Å². The van der Waals surface area contributed by atoms with Gasteiger partial charge in [0, 0.05) is 40.9 Å². The molecule has 3 aromatic rings. The molecule has 0 unspecified atom stereocenters. The number of carbonyl (C=O) groups excluding carboxylic acids is 1. The smallest absolute Gasteiger partial charge is 0.227 e. The highest BCUT2D eigenvalue weighted by Gasteiger charge is 2.24. The monoisotopic (exact) mass is 425 g/mol. The molecule has 0 spiro atoms. The van der Waals surface area contributed by atoms with Gasteiger partial charge in [0.05, 0.1) is 25.1 Å². The molecule has 1 aliphatic heterocycles. The minimum Gasteiger partial charge on any atom is -0.493 e. The lowest BCUT2D eigenvalue weighted by Crippen LogP contribution is -2.31. The summed E-state index contributed by atoms with van der Waals surface area (Å²) in [5, 5.41) is 7.54. The van der Waals surface area contributed by atoms with Crippen LogP contribution >= 0.6 is 11.6 Å². The molecule has 1 amide bonds. The standard InChI is InChI=1S/C23H24ClN3O3/c1-16-19(24)7-3-9-21(16)29-12-4-10-22(28)27-11-5-13-30-23-18(6-2-8-20(23)27)17-14-25-26-15-17/h2-3,6-9,14-15H,4-5,10-13H2,1H3,(H,25,26). The van der Waals surface area contributed by atoms with Crippen LogP contribution in [-0.4, -0.2) is 35.9 Å². The Bertz CT molecular complexity index is 1020. The first kappa shape index (κ1) is 20.3. The Kier molecular flexibility index (Phi) is 6.23.